The Kier molecular flexibility index (Phi) is 26.2. The van der Waals surface area contributed by atoms with E-state index in [2.05, 4.69) is 0 Å². The van der Waals surface area contributed by atoms with E-state index >= 15 is 0 Å². The van der Waals surface area contributed by atoms with Crippen LogP contribution in [0.3, 0.4) is 0 Å². The smallest absolute Gasteiger partial charge is 0.187 e. The summed E-state index contributed by atoms with van der Waals surface area (Å²) in [5.41, 5.74) is 0. The van der Waals surface area contributed by atoms with Gasteiger partial charge < -0.3 is 208 Å². The molecule has 9 saturated heterocycles. The van der Waals surface area contributed by atoms with Crippen LogP contribution < -0.4 is 0 Å². The monoisotopic (exact) mass is 1370 g/mol. The van der Waals surface area contributed by atoms with Gasteiger partial charge in [-0.05, 0) is 6.92 Å². The number of hydrogen-bond donors (Lipinski definition) is 25. The summed E-state index contributed by atoms with van der Waals surface area (Å²) in [4.78, 5) is 0. The van der Waals surface area contributed by atoms with Crippen molar-refractivity contribution < 1.29 is 208 Å². The second-order valence-electron chi connectivity index (χ2n) is 23.9. The van der Waals surface area contributed by atoms with E-state index in [1.807, 2.05) is 0 Å². The van der Waals surface area contributed by atoms with Crippen LogP contribution in [0.25, 0.3) is 0 Å². The van der Waals surface area contributed by atoms with Crippen molar-refractivity contribution in [2.45, 2.75) is 265 Å². The molecule has 9 aliphatic rings. The molecule has 9 rings (SSSR count). The number of hydrogen-bond acceptors (Lipinski definition) is 42. The minimum atomic E-state index is -2.43. The fourth-order valence-corrected chi connectivity index (χ4v) is 11.7. The van der Waals surface area contributed by atoms with Gasteiger partial charge in [-0.3, -0.25) is 0 Å². The Hall–Kier alpha value is -1.68. The molecule has 42 atom stereocenters. The molecule has 42 nitrogen and oxygen atoms in total. The van der Waals surface area contributed by atoms with Gasteiger partial charge in [-0.1, -0.05) is 0 Å². The van der Waals surface area contributed by atoms with Crippen molar-refractivity contribution in [3.8, 4) is 0 Å². The molecule has 0 aliphatic carbocycles. The standard InChI is InChI=1S/C51H86O42/c1-10-19(57)25(63)34(72)46(83-10)92-42-27(65)23(61)14(2-52)85-51(42)93-41-22(60)13(56)6-79-50(41)82-9-18-40(29(67)36(74)48(88-18)89-38-15(3-53)84-43(76)31(69)28(38)66)91-49-37(75)30(68)39(17(87-49)8-81-45-33(71)21(59)12(55)5-78-45)90-47-35(73)26(64)24(62)16(86-47)7-80-44-32(70)20(58)11(54)4-77-44/h10-76H,2-9H2,1H3/t10-,11+,12+,13+,14+,15+,16+,17+,18+,19+,20-,21-,22-,23-,24+,25+,26-,27-,28+,29+,30+,31+,32+,33+,34-,35+,36+,37+,38+,39+,40+,41+,42+,43+,44+,45+,46-,47-,48-,49-,50+,51-/m0/s1. The van der Waals surface area contributed by atoms with E-state index in [-0.39, 0.29) is 0 Å². The van der Waals surface area contributed by atoms with Crippen LogP contribution in [0.4, 0.5) is 0 Å². The molecule has 542 valence electrons. The van der Waals surface area contributed by atoms with Crippen molar-refractivity contribution in [1.82, 2.24) is 0 Å². The van der Waals surface area contributed by atoms with Gasteiger partial charge in [0, 0.05) is 0 Å². The Bertz CT molecular complexity index is 2280. The maximum atomic E-state index is 12.0. The second kappa shape index (κ2) is 32.3. The summed E-state index contributed by atoms with van der Waals surface area (Å²) in [5.74, 6) is 0. The maximum absolute atomic E-state index is 12.0. The quantitative estimate of drug-likeness (QED) is 0.0507. The molecule has 9 fully saturated rings. The summed E-state index contributed by atoms with van der Waals surface area (Å²) in [6, 6.07) is 0. The predicted octanol–water partition coefficient (Wildman–Crippen LogP) is -17.7. The molecule has 0 saturated carbocycles. The molecular weight excluding hydrogens is 1280 g/mol. The van der Waals surface area contributed by atoms with E-state index < -0.39 is 311 Å². The van der Waals surface area contributed by atoms with Crippen LogP contribution >= 0.6 is 0 Å². The molecule has 0 spiro atoms. The van der Waals surface area contributed by atoms with E-state index in [0.717, 1.165) is 0 Å². The summed E-state index contributed by atoms with van der Waals surface area (Å²) < 4.78 is 97.3. The normalized spacial score (nSPS) is 54.4. The van der Waals surface area contributed by atoms with Crippen LogP contribution in [-0.4, -0.2) is 439 Å². The van der Waals surface area contributed by atoms with Crippen molar-refractivity contribution in [3.63, 3.8) is 0 Å². The molecule has 0 aromatic carbocycles. The molecule has 0 amide bonds. The zero-order chi connectivity index (χ0) is 67.9. The highest BCUT2D eigenvalue weighted by Gasteiger charge is 2.58. The largest absolute Gasteiger partial charge is 0.394 e. The molecule has 0 aromatic rings. The molecule has 25 N–H and O–H groups in total. The van der Waals surface area contributed by atoms with Gasteiger partial charge in [-0.25, -0.2) is 0 Å². The third-order valence-corrected chi connectivity index (χ3v) is 17.5. The average Bonchev–Trinajstić information content (AvgIpc) is 0.786. The summed E-state index contributed by atoms with van der Waals surface area (Å²) in [7, 11) is 0. The zero-order valence-electron chi connectivity index (χ0n) is 49.0. The van der Waals surface area contributed by atoms with Gasteiger partial charge in [0.2, 0.25) is 0 Å². The van der Waals surface area contributed by atoms with Crippen LogP contribution in [0.1, 0.15) is 6.92 Å². The SMILES string of the molecule is C[C@@H]1O[C@@H](O[C@H]2[C@H](O[C@H]3[C@@H](OC[C@H]4O[C@@H](O[C@H]5[C@H](O)[C@@H](O)[C@H](O)O[C@@H]5CO)[C@H](O)[C@@H](O)[C@@H]4O[C@@H]4O[C@H](CO[C@H]5OC[C@@H](O)[C@H](O)[C@H]5O)[C@@H](O[C@@H]5O[C@H](CO[C@H]6OC[C@@H](O)[C@H](O)[C@H]6O)[C@@H](O)[C@H](O)[C@H]5O)[C@H](O)[C@H]4O)OC[C@@H](O)[C@@H]3O)O[C@H](CO)[C@H](O)[C@@H]2O)[C@@H](O)[C@H](O)[C@@H]1O. The summed E-state index contributed by atoms with van der Waals surface area (Å²) >= 11 is 0. The van der Waals surface area contributed by atoms with Crippen molar-refractivity contribution >= 4 is 0 Å². The maximum Gasteiger partial charge on any atom is 0.187 e. The lowest BCUT2D eigenvalue weighted by atomic mass is 9.95. The van der Waals surface area contributed by atoms with Crippen molar-refractivity contribution in [1.29, 1.82) is 0 Å². The predicted molar refractivity (Wildman–Crippen MR) is 278 cm³/mol. The molecule has 9 aliphatic heterocycles. The van der Waals surface area contributed by atoms with E-state index in [0.29, 0.717) is 0 Å². The van der Waals surface area contributed by atoms with E-state index in [4.69, 9.17) is 80.5 Å². The highest BCUT2D eigenvalue weighted by atomic mass is 16.8. The van der Waals surface area contributed by atoms with Crippen molar-refractivity contribution in [2.24, 2.45) is 0 Å². The van der Waals surface area contributed by atoms with E-state index in [1.165, 1.54) is 6.92 Å². The first-order chi connectivity index (χ1) is 44.0. The number of aliphatic hydroxyl groups is 25. The van der Waals surface area contributed by atoms with Gasteiger partial charge in [-0.15, -0.1) is 0 Å². The minimum Gasteiger partial charge on any atom is -0.394 e. The third kappa shape index (κ3) is 16.2. The molecule has 0 bridgehead atoms. The number of ether oxygens (including phenoxy) is 17. The molecule has 0 unspecified atom stereocenters. The van der Waals surface area contributed by atoms with Crippen LogP contribution in [0.15, 0.2) is 0 Å². The Balaban J connectivity index is 0.984. The first kappa shape index (κ1) is 75.5. The average molecular weight is 1370 g/mol. The zero-order valence-corrected chi connectivity index (χ0v) is 49.0. The second-order valence-corrected chi connectivity index (χ2v) is 23.9. The lowest BCUT2D eigenvalue weighted by Crippen LogP contribution is -2.68. The Labute approximate surface area is 525 Å². The van der Waals surface area contributed by atoms with Crippen LogP contribution in [-0.2, 0) is 80.5 Å². The van der Waals surface area contributed by atoms with Crippen LogP contribution in [0.5, 0.6) is 0 Å². The Morgan fingerprint density at radius 1 is 0.258 bits per heavy atom. The molecule has 9 heterocycles. The van der Waals surface area contributed by atoms with Crippen molar-refractivity contribution in [2.75, 3.05) is 52.9 Å². The van der Waals surface area contributed by atoms with Gasteiger partial charge in [0.25, 0.3) is 0 Å². The molecule has 93 heavy (non-hydrogen) atoms. The fourth-order valence-electron chi connectivity index (χ4n) is 11.7. The molecule has 0 aromatic heterocycles. The number of aliphatic hydroxyl groups excluding tert-OH is 25. The first-order valence-electron chi connectivity index (χ1n) is 29.7. The van der Waals surface area contributed by atoms with Crippen molar-refractivity contribution in [3.05, 3.63) is 0 Å². The van der Waals surface area contributed by atoms with Crippen LogP contribution in [0.2, 0.25) is 0 Å². The summed E-state index contributed by atoms with van der Waals surface area (Å²) in [6.07, 6.45) is -82.8. The highest BCUT2D eigenvalue weighted by Crippen LogP contribution is 2.38. The van der Waals surface area contributed by atoms with Gasteiger partial charge in [0.15, 0.2) is 56.6 Å². The molecule has 42 heteroatoms. The highest BCUT2D eigenvalue weighted by molar-refractivity contribution is 5.00. The van der Waals surface area contributed by atoms with Crippen LogP contribution in [0, 0.1) is 0 Å². The molecule has 0 radical (unpaired) electrons. The van der Waals surface area contributed by atoms with Gasteiger partial charge in [0.1, 0.15) is 195 Å². The van der Waals surface area contributed by atoms with E-state index in [9.17, 15) is 128 Å². The molecular formula is C51H86O42. The van der Waals surface area contributed by atoms with Gasteiger partial charge in [-0.2, -0.15) is 0 Å². The van der Waals surface area contributed by atoms with E-state index in [1.54, 1.807) is 0 Å². The topological polar surface area (TPSA) is 663 Å². The first-order valence-corrected chi connectivity index (χ1v) is 29.7. The lowest BCUT2D eigenvalue weighted by molar-refractivity contribution is -0.398. The van der Waals surface area contributed by atoms with Gasteiger partial charge in [0.05, 0.1) is 59.0 Å². The Morgan fingerprint density at radius 2 is 0.581 bits per heavy atom. The lowest BCUT2D eigenvalue weighted by Gasteiger charge is -2.49. The number of rotatable bonds is 21. The summed E-state index contributed by atoms with van der Waals surface area (Å²) in [5, 5.41) is 270. The minimum absolute atomic E-state index is 0.512. The third-order valence-electron chi connectivity index (χ3n) is 17.5. The summed E-state index contributed by atoms with van der Waals surface area (Å²) in [6.45, 7) is -5.42. The fraction of sp³-hybridized carbons (Fsp3) is 1.00. The Morgan fingerprint density at radius 3 is 1.08 bits per heavy atom. The van der Waals surface area contributed by atoms with Gasteiger partial charge >= 0.3 is 0 Å².